The molecule has 1 rings (SSSR count). The summed E-state index contributed by atoms with van der Waals surface area (Å²) < 4.78 is 0. The molecule has 16 heavy (non-hydrogen) atoms. The number of unbranched alkanes of at least 4 members (excludes halogenated alkanes) is 1. The number of nitrogens with one attached hydrogen (secondary N) is 2. The summed E-state index contributed by atoms with van der Waals surface area (Å²) in [4.78, 5) is 0. The van der Waals surface area contributed by atoms with Crippen molar-refractivity contribution in [1.29, 1.82) is 0 Å². The van der Waals surface area contributed by atoms with E-state index in [4.69, 9.17) is 0 Å². The van der Waals surface area contributed by atoms with Gasteiger partial charge in [-0.15, -0.1) is 0 Å². The number of rotatable bonds is 7. The molecule has 0 spiro atoms. The van der Waals surface area contributed by atoms with Gasteiger partial charge in [-0.25, -0.2) is 0 Å². The van der Waals surface area contributed by atoms with Crippen molar-refractivity contribution < 1.29 is 0 Å². The van der Waals surface area contributed by atoms with Crippen LogP contribution in [0, 0.1) is 13.8 Å². The lowest BCUT2D eigenvalue weighted by molar-refractivity contribution is 0.605. The fourth-order valence-corrected chi connectivity index (χ4v) is 1.96. The van der Waals surface area contributed by atoms with E-state index in [0.29, 0.717) is 0 Å². The summed E-state index contributed by atoms with van der Waals surface area (Å²) in [6, 6.07) is 6.73. The molecule has 0 saturated heterocycles. The molecule has 0 saturated carbocycles. The van der Waals surface area contributed by atoms with Crippen molar-refractivity contribution in [2.24, 2.45) is 0 Å². The SMILES string of the molecule is CNCCCCNCc1cc(C)cc(C)c1. The minimum atomic E-state index is 0.988. The number of hydrogen-bond acceptors (Lipinski definition) is 2. The molecule has 0 aliphatic heterocycles. The summed E-state index contributed by atoms with van der Waals surface area (Å²) in [6.45, 7) is 7.52. The lowest BCUT2D eigenvalue weighted by atomic mass is 10.1. The molecular formula is C14H24N2. The quantitative estimate of drug-likeness (QED) is 0.690. The molecule has 0 bridgehead atoms. The van der Waals surface area contributed by atoms with E-state index in [0.717, 1.165) is 19.6 Å². The van der Waals surface area contributed by atoms with Gasteiger partial charge in [-0.2, -0.15) is 0 Å². The van der Waals surface area contributed by atoms with Gasteiger partial charge in [-0.05, 0) is 52.4 Å². The predicted molar refractivity (Wildman–Crippen MR) is 70.8 cm³/mol. The summed E-state index contributed by atoms with van der Waals surface area (Å²) in [5, 5.41) is 6.65. The topological polar surface area (TPSA) is 24.1 Å². The van der Waals surface area contributed by atoms with E-state index >= 15 is 0 Å². The first-order valence-electron chi connectivity index (χ1n) is 6.15. The molecule has 1 aromatic carbocycles. The molecule has 0 unspecified atom stereocenters. The van der Waals surface area contributed by atoms with Crippen molar-refractivity contribution in [2.75, 3.05) is 20.1 Å². The molecule has 0 aliphatic carbocycles. The monoisotopic (exact) mass is 220 g/mol. The van der Waals surface area contributed by atoms with E-state index in [1.807, 2.05) is 7.05 Å². The average Bonchev–Trinajstić information content (AvgIpc) is 2.22. The molecule has 0 atom stereocenters. The lowest BCUT2D eigenvalue weighted by Gasteiger charge is -2.07. The molecule has 0 aromatic heterocycles. The van der Waals surface area contributed by atoms with E-state index in [9.17, 15) is 0 Å². The van der Waals surface area contributed by atoms with Crippen LogP contribution in [0.5, 0.6) is 0 Å². The van der Waals surface area contributed by atoms with Gasteiger partial charge in [0.25, 0.3) is 0 Å². The van der Waals surface area contributed by atoms with E-state index in [1.165, 1.54) is 29.5 Å². The first-order valence-corrected chi connectivity index (χ1v) is 6.15. The van der Waals surface area contributed by atoms with Gasteiger partial charge in [0, 0.05) is 6.54 Å². The molecule has 0 fully saturated rings. The van der Waals surface area contributed by atoms with Gasteiger partial charge in [0.1, 0.15) is 0 Å². The van der Waals surface area contributed by atoms with Crippen molar-refractivity contribution in [3.63, 3.8) is 0 Å². The minimum absolute atomic E-state index is 0.988. The lowest BCUT2D eigenvalue weighted by Crippen LogP contribution is -2.16. The van der Waals surface area contributed by atoms with Crippen LogP contribution in [0.4, 0.5) is 0 Å². The second-order valence-electron chi connectivity index (χ2n) is 4.48. The molecule has 0 amide bonds. The van der Waals surface area contributed by atoms with Gasteiger partial charge in [0.2, 0.25) is 0 Å². The van der Waals surface area contributed by atoms with Crippen molar-refractivity contribution in [1.82, 2.24) is 10.6 Å². The molecule has 0 radical (unpaired) electrons. The Labute approximate surface area is 99.5 Å². The zero-order valence-corrected chi connectivity index (χ0v) is 10.8. The van der Waals surface area contributed by atoms with Gasteiger partial charge in [0.05, 0.1) is 0 Å². The number of hydrogen-bond donors (Lipinski definition) is 2. The Morgan fingerprint density at radius 1 is 0.938 bits per heavy atom. The largest absolute Gasteiger partial charge is 0.320 e. The normalized spacial score (nSPS) is 10.7. The number of benzene rings is 1. The van der Waals surface area contributed by atoms with Crippen LogP contribution < -0.4 is 10.6 Å². The molecule has 2 heteroatoms. The fraction of sp³-hybridized carbons (Fsp3) is 0.571. The minimum Gasteiger partial charge on any atom is -0.320 e. The van der Waals surface area contributed by atoms with Crippen LogP contribution in [0.2, 0.25) is 0 Å². The van der Waals surface area contributed by atoms with Gasteiger partial charge >= 0.3 is 0 Å². The maximum atomic E-state index is 3.49. The molecular weight excluding hydrogens is 196 g/mol. The second-order valence-corrected chi connectivity index (χ2v) is 4.48. The van der Waals surface area contributed by atoms with Crippen molar-refractivity contribution in [3.05, 3.63) is 34.9 Å². The first-order chi connectivity index (χ1) is 7.72. The van der Waals surface area contributed by atoms with E-state index < -0.39 is 0 Å². The highest BCUT2D eigenvalue weighted by molar-refractivity contribution is 5.28. The zero-order valence-electron chi connectivity index (χ0n) is 10.8. The van der Waals surface area contributed by atoms with Crippen LogP contribution >= 0.6 is 0 Å². The summed E-state index contributed by atoms with van der Waals surface area (Å²) in [6.07, 6.45) is 2.49. The Balaban J connectivity index is 2.21. The highest BCUT2D eigenvalue weighted by Crippen LogP contribution is 2.08. The Kier molecular flexibility index (Phi) is 6.12. The zero-order chi connectivity index (χ0) is 11.8. The highest BCUT2D eigenvalue weighted by Gasteiger charge is 1.95. The summed E-state index contributed by atoms with van der Waals surface area (Å²) in [5.74, 6) is 0. The van der Waals surface area contributed by atoms with Crippen LogP contribution in [0.3, 0.4) is 0 Å². The maximum absolute atomic E-state index is 3.49. The predicted octanol–water partition coefficient (Wildman–Crippen LogP) is 2.39. The molecule has 0 aliphatic rings. The Hall–Kier alpha value is -0.860. The highest BCUT2D eigenvalue weighted by atomic mass is 14.8. The molecule has 90 valence electrons. The second kappa shape index (κ2) is 7.42. The summed E-state index contributed by atoms with van der Waals surface area (Å²) in [5.41, 5.74) is 4.10. The third kappa shape index (κ3) is 5.29. The van der Waals surface area contributed by atoms with Crippen LogP contribution in [-0.2, 0) is 6.54 Å². The third-order valence-corrected chi connectivity index (χ3v) is 2.64. The van der Waals surface area contributed by atoms with Crippen molar-refractivity contribution in [2.45, 2.75) is 33.2 Å². The van der Waals surface area contributed by atoms with Crippen LogP contribution in [-0.4, -0.2) is 20.1 Å². The van der Waals surface area contributed by atoms with Gasteiger partial charge in [-0.3, -0.25) is 0 Å². The van der Waals surface area contributed by atoms with Gasteiger partial charge in [0.15, 0.2) is 0 Å². The standard InChI is InChI=1S/C14H24N2/c1-12-8-13(2)10-14(9-12)11-16-7-5-4-6-15-3/h8-10,15-16H,4-7,11H2,1-3H3. The fourth-order valence-electron chi connectivity index (χ4n) is 1.96. The van der Waals surface area contributed by atoms with Gasteiger partial charge in [-0.1, -0.05) is 29.3 Å². The van der Waals surface area contributed by atoms with Crippen molar-refractivity contribution in [3.8, 4) is 0 Å². The van der Waals surface area contributed by atoms with E-state index in [1.54, 1.807) is 0 Å². The summed E-state index contributed by atoms with van der Waals surface area (Å²) >= 11 is 0. The maximum Gasteiger partial charge on any atom is 0.0205 e. The Morgan fingerprint density at radius 2 is 1.56 bits per heavy atom. The average molecular weight is 220 g/mol. The Bertz CT molecular complexity index is 287. The smallest absolute Gasteiger partial charge is 0.0205 e. The van der Waals surface area contributed by atoms with E-state index in [-0.39, 0.29) is 0 Å². The van der Waals surface area contributed by atoms with Crippen LogP contribution in [0.25, 0.3) is 0 Å². The van der Waals surface area contributed by atoms with E-state index in [2.05, 4.69) is 42.7 Å². The molecule has 0 heterocycles. The van der Waals surface area contributed by atoms with Crippen molar-refractivity contribution >= 4 is 0 Å². The summed E-state index contributed by atoms with van der Waals surface area (Å²) in [7, 11) is 2.00. The third-order valence-electron chi connectivity index (χ3n) is 2.64. The van der Waals surface area contributed by atoms with Gasteiger partial charge < -0.3 is 10.6 Å². The molecule has 2 nitrogen and oxygen atoms in total. The molecule has 2 N–H and O–H groups in total. The Morgan fingerprint density at radius 3 is 2.19 bits per heavy atom. The number of aryl methyl sites for hydroxylation is 2. The molecule has 1 aromatic rings. The first kappa shape index (κ1) is 13.2. The van der Waals surface area contributed by atoms with Crippen LogP contribution in [0.15, 0.2) is 18.2 Å². The van der Waals surface area contributed by atoms with Crippen LogP contribution in [0.1, 0.15) is 29.5 Å².